The van der Waals surface area contributed by atoms with E-state index >= 15 is 0 Å². The number of morpholine rings is 1. The predicted octanol–water partition coefficient (Wildman–Crippen LogP) is 1.05. The number of H-pyrrole nitrogens is 1. The van der Waals surface area contributed by atoms with Gasteiger partial charge in [0.1, 0.15) is 37.6 Å². The van der Waals surface area contributed by atoms with Crippen LogP contribution in [0.1, 0.15) is 24.2 Å². The van der Waals surface area contributed by atoms with E-state index in [1.54, 1.807) is 13.3 Å². The van der Waals surface area contributed by atoms with E-state index in [1.165, 1.54) is 4.90 Å². The van der Waals surface area contributed by atoms with Gasteiger partial charge in [-0.1, -0.05) is 0 Å². The highest BCUT2D eigenvalue weighted by Crippen LogP contribution is 2.23. The number of benzene rings is 1. The molecule has 2 aromatic rings. The number of ether oxygens (including phenoxy) is 2. The number of Topliss-reactive ketones (excluding diaryl/α,β-unsaturated/α-hetero) is 1. The Morgan fingerprint density at radius 3 is 2.77 bits per heavy atom. The van der Waals surface area contributed by atoms with Crippen LogP contribution in [0.2, 0.25) is 0 Å². The average molecular weight is 303 g/mol. The fraction of sp³-hybridized carbons (Fsp3) is 0.471. The van der Waals surface area contributed by atoms with Crippen LogP contribution in [-0.4, -0.2) is 49.7 Å². The maximum absolute atomic E-state index is 12.6. The Balaban J connectivity index is 1.77. The van der Waals surface area contributed by atoms with Crippen LogP contribution >= 0.6 is 0 Å². The number of hydrogen-bond acceptors (Lipinski definition) is 3. The molecule has 0 radical (unpaired) electrons. The van der Waals surface area contributed by atoms with Gasteiger partial charge < -0.3 is 19.4 Å². The van der Waals surface area contributed by atoms with Crippen molar-refractivity contribution in [2.75, 3.05) is 26.7 Å². The van der Waals surface area contributed by atoms with Crippen molar-refractivity contribution >= 4 is 16.7 Å². The molecule has 5 heteroatoms. The van der Waals surface area contributed by atoms with Gasteiger partial charge in [0.2, 0.25) is 5.78 Å². The minimum absolute atomic E-state index is 0.174. The SMILES string of the molecule is COc1ccc2c(C(=O)C[NH+]3C[C@H](C)O[C@@H](C)C3)c[nH]c2c1. The molecule has 2 heterocycles. The molecule has 118 valence electrons. The number of aromatic nitrogens is 1. The maximum atomic E-state index is 12.6. The molecule has 0 unspecified atom stereocenters. The highest BCUT2D eigenvalue weighted by atomic mass is 16.5. The Labute approximate surface area is 130 Å². The van der Waals surface area contributed by atoms with E-state index in [1.807, 2.05) is 18.2 Å². The Kier molecular flexibility index (Phi) is 4.18. The number of hydrogen-bond donors (Lipinski definition) is 2. The molecule has 5 nitrogen and oxygen atoms in total. The standard InChI is InChI=1S/C17H22N2O3/c1-11-8-19(9-12(2)22-11)10-17(20)15-7-18-16-6-13(21-3)4-5-14(15)16/h4-7,11-12,18H,8-10H2,1-3H3/p+1/t11-,12-/m0/s1. The van der Waals surface area contributed by atoms with E-state index in [-0.39, 0.29) is 18.0 Å². The number of methoxy groups -OCH3 is 1. The predicted molar refractivity (Wildman–Crippen MR) is 84.8 cm³/mol. The van der Waals surface area contributed by atoms with Crippen LogP contribution in [0.3, 0.4) is 0 Å². The monoisotopic (exact) mass is 303 g/mol. The van der Waals surface area contributed by atoms with Gasteiger partial charge in [-0.25, -0.2) is 0 Å². The third kappa shape index (κ3) is 3.00. The van der Waals surface area contributed by atoms with Gasteiger partial charge >= 0.3 is 0 Å². The van der Waals surface area contributed by atoms with E-state index in [4.69, 9.17) is 9.47 Å². The third-order valence-electron chi connectivity index (χ3n) is 4.22. The van der Waals surface area contributed by atoms with Crippen molar-refractivity contribution in [3.63, 3.8) is 0 Å². The van der Waals surface area contributed by atoms with Crippen molar-refractivity contribution in [3.8, 4) is 5.75 Å². The minimum atomic E-state index is 0.174. The molecular formula is C17H23N2O3+. The van der Waals surface area contributed by atoms with Crippen LogP contribution in [-0.2, 0) is 4.74 Å². The van der Waals surface area contributed by atoms with Crippen molar-refractivity contribution < 1.29 is 19.2 Å². The quantitative estimate of drug-likeness (QED) is 0.830. The second-order valence-electron chi connectivity index (χ2n) is 6.13. The highest BCUT2D eigenvalue weighted by molar-refractivity contribution is 6.08. The van der Waals surface area contributed by atoms with Gasteiger partial charge in [-0.05, 0) is 26.0 Å². The molecule has 0 saturated carbocycles. The highest BCUT2D eigenvalue weighted by Gasteiger charge is 2.28. The zero-order valence-corrected chi connectivity index (χ0v) is 13.3. The van der Waals surface area contributed by atoms with Crippen molar-refractivity contribution in [2.45, 2.75) is 26.1 Å². The summed E-state index contributed by atoms with van der Waals surface area (Å²) in [4.78, 5) is 17.1. The van der Waals surface area contributed by atoms with E-state index in [9.17, 15) is 4.79 Å². The number of rotatable bonds is 4. The topological polar surface area (TPSA) is 55.8 Å². The van der Waals surface area contributed by atoms with Crippen LogP contribution in [0.4, 0.5) is 0 Å². The lowest BCUT2D eigenvalue weighted by molar-refractivity contribution is -0.906. The minimum Gasteiger partial charge on any atom is -0.497 e. The summed E-state index contributed by atoms with van der Waals surface area (Å²) in [6.45, 7) is 6.41. The molecule has 1 aromatic heterocycles. The summed E-state index contributed by atoms with van der Waals surface area (Å²) in [5.41, 5.74) is 1.69. The van der Waals surface area contributed by atoms with Gasteiger partial charge in [-0.15, -0.1) is 0 Å². The summed E-state index contributed by atoms with van der Waals surface area (Å²) in [5.74, 6) is 0.961. The van der Waals surface area contributed by atoms with E-state index in [2.05, 4.69) is 18.8 Å². The summed E-state index contributed by atoms with van der Waals surface area (Å²) >= 11 is 0. The molecule has 1 fully saturated rings. The van der Waals surface area contributed by atoms with Crippen molar-refractivity contribution in [1.29, 1.82) is 0 Å². The second-order valence-corrected chi connectivity index (χ2v) is 6.13. The lowest BCUT2D eigenvalue weighted by Gasteiger charge is -2.31. The molecule has 1 aliphatic rings. The zero-order chi connectivity index (χ0) is 15.7. The Hall–Kier alpha value is -1.85. The average Bonchev–Trinajstić information content (AvgIpc) is 2.88. The largest absolute Gasteiger partial charge is 0.497 e. The van der Waals surface area contributed by atoms with Gasteiger partial charge in [0.15, 0.2) is 0 Å². The summed E-state index contributed by atoms with van der Waals surface area (Å²) < 4.78 is 10.9. The molecule has 0 amide bonds. The molecule has 2 atom stereocenters. The van der Waals surface area contributed by atoms with Gasteiger partial charge in [0, 0.05) is 28.7 Å². The fourth-order valence-corrected chi connectivity index (χ4v) is 3.32. The normalized spacial score (nSPS) is 25.3. The fourth-order valence-electron chi connectivity index (χ4n) is 3.32. The lowest BCUT2D eigenvalue weighted by atomic mass is 10.1. The molecule has 2 N–H and O–H groups in total. The number of aromatic amines is 1. The number of ketones is 1. The van der Waals surface area contributed by atoms with Crippen molar-refractivity contribution in [2.24, 2.45) is 0 Å². The van der Waals surface area contributed by atoms with Gasteiger partial charge in [-0.3, -0.25) is 4.79 Å². The van der Waals surface area contributed by atoms with Crippen LogP contribution in [0, 0.1) is 0 Å². The molecule has 0 spiro atoms. The number of quaternary nitrogens is 1. The van der Waals surface area contributed by atoms with E-state index in [0.717, 1.165) is 35.3 Å². The third-order valence-corrected chi connectivity index (χ3v) is 4.22. The van der Waals surface area contributed by atoms with E-state index in [0.29, 0.717) is 6.54 Å². The second kappa shape index (κ2) is 6.10. The Morgan fingerprint density at radius 1 is 1.36 bits per heavy atom. The number of nitrogens with one attached hydrogen (secondary N) is 2. The van der Waals surface area contributed by atoms with E-state index < -0.39 is 0 Å². The van der Waals surface area contributed by atoms with Gasteiger partial charge in [-0.2, -0.15) is 0 Å². The molecule has 0 bridgehead atoms. The molecule has 22 heavy (non-hydrogen) atoms. The summed E-state index contributed by atoms with van der Waals surface area (Å²) in [7, 11) is 1.64. The zero-order valence-electron chi connectivity index (χ0n) is 13.3. The number of carbonyl (C=O) groups excluding carboxylic acids is 1. The first-order valence-electron chi connectivity index (χ1n) is 7.74. The smallest absolute Gasteiger partial charge is 0.219 e. The molecular weight excluding hydrogens is 280 g/mol. The summed E-state index contributed by atoms with van der Waals surface area (Å²) in [6, 6.07) is 5.74. The van der Waals surface area contributed by atoms with Gasteiger partial charge in [0.25, 0.3) is 0 Å². The number of fused-ring (bicyclic) bond motifs is 1. The summed E-state index contributed by atoms with van der Waals surface area (Å²) in [5, 5.41) is 0.958. The van der Waals surface area contributed by atoms with Crippen LogP contribution in [0.25, 0.3) is 10.9 Å². The van der Waals surface area contributed by atoms with Crippen LogP contribution in [0.15, 0.2) is 24.4 Å². The van der Waals surface area contributed by atoms with Crippen LogP contribution < -0.4 is 9.64 Å². The first-order chi connectivity index (χ1) is 10.6. The first kappa shape index (κ1) is 15.1. The Bertz CT molecular complexity index is 670. The van der Waals surface area contributed by atoms with Crippen molar-refractivity contribution in [3.05, 3.63) is 30.0 Å². The molecule has 1 aliphatic heterocycles. The Morgan fingerprint density at radius 2 is 2.09 bits per heavy atom. The molecule has 1 saturated heterocycles. The lowest BCUT2D eigenvalue weighted by Crippen LogP contribution is -3.16. The molecule has 0 aliphatic carbocycles. The molecule has 3 rings (SSSR count). The number of carbonyl (C=O) groups is 1. The first-order valence-corrected chi connectivity index (χ1v) is 7.74. The van der Waals surface area contributed by atoms with Gasteiger partial charge in [0.05, 0.1) is 7.11 Å². The maximum Gasteiger partial charge on any atom is 0.219 e. The molecule has 1 aromatic carbocycles. The summed E-state index contributed by atoms with van der Waals surface area (Å²) in [6.07, 6.45) is 2.22. The van der Waals surface area contributed by atoms with Crippen LogP contribution in [0.5, 0.6) is 5.75 Å². The van der Waals surface area contributed by atoms with Crippen molar-refractivity contribution in [1.82, 2.24) is 4.98 Å².